The molecule has 0 atom stereocenters. The van der Waals surface area contributed by atoms with Gasteiger partial charge in [-0.05, 0) is 29.7 Å². The second kappa shape index (κ2) is 4.92. The van der Waals surface area contributed by atoms with Crippen LogP contribution in [0.2, 0.25) is 0 Å². The Bertz CT molecular complexity index is 1160. The molecule has 6 nitrogen and oxygen atoms in total. The van der Waals surface area contributed by atoms with Gasteiger partial charge in [0.1, 0.15) is 5.39 Å². The molecule has 4 rings (SSSR count). The molecule has 0 aliphatic carbocycles. The molecule has 0 radical (unpaired) electrons. The van der Waals surface area contributed by atoms with Gasteiger partial charge in [0.25, 0.3) is 11.1 Å². The quantitative estimate of drug-likeness (QED) is 0.593. The molecule has 4 aromatic rings. The van der Waals surface area contributed by atoms with Crippen molar-refractivity contribution in [1.29, 1.82) is 0 Å². The number of aromatic amines is 2. The molecule has 3 aromatic heterocycles. The van der Waals surface area contributed by atoms with Crippen molar-refractivity contribution in [3.8, 4) is 11.3 Å². The Kier molecular flexibility index (Phi) is 2.99. The van der Waals surface area contributed by atoms with Gasteiger partial charge in [0.2, 0.25) is 0 Å². The van der Waals surface area contributed by atoms with E-state index in [2.05, 4.69) is 14.5 Å². The van der Waals surface area contributed by atoms with Crippen LogP contribution in [0, 0.1) is 0 Å². The van der Waals surface area contributed by atoms with Crippen LogP contribution in [0.5, 0.6) is 0 Å². The van der Waals surface area contributed by atoms with Crippen LogP contribution in [-0.4, -0.2) is 19.1 Å². The molecule has 23 heavy (non-hydrogen) atoms. The van der Waals surface area contributed by atoms with E-state index in [-0.39, 0.29) is 16.5 Å². The highest BCUT2D eigenvalue weighted by Crippen LogP contribution is 2.29. The number of benzene rings is 1. The van der Waals surface area contributed by atoms with Gasteiger partial charge in [-0.2, -0.15) is 5.10 Å². The largest absolute Gasteiger partial charge is 0.321 e. The maximum atomic E-state index is 12.3. The minimum absolute atomic E-state index is 0.220. The molecule has 1 aromatic carbocycles. The van der Waals surface area contributed by atoms with Crippen molar-refractivity contribution < 1.29 is 0 Å². The van der Waals surface area contributed by atoms with Crippen molar-refractivity contribution in [1.82, 2.24) is 19.1 Å². The summed E-state index contributed by atoms with van der Waals surface area (Å²) in [6.07, 6.45) is 2.53. The van der Waals surface area contributed by atoms with Gasteiger partial charge < -0.3 is 4.98 Å². The molecule has 0 amide bonds. The number of hydrogen-bond donors (Lipinski definition) is 2. The van der Waals surface area contributed by atoms with E-state index in [1.165, 1.54) is 11.5 Å². The van der Waals surface area contributed by atoms with Crippen molar-refractivity contribution in [2.75, 3.05) is 0 Å². The summed E-state index contributed by atoms with van der Waals surface area (Å²) in [5, 5.41) is 5.47. The van der Waals surface area contributed by atoms with E-state index in [9.17, 15) is 9.59 Å². The summed E-state index contributed by atoms with van der Waals surface area (Å²) in [4.78, 5) is 27.0. The van der Waals surface area contributed by atoms with Crippen LogP contribution in [0.3, 0.4) is 0 Å². The smallest absolute Gasteiger partial charge is 0.271 e. The molecule has 0 fully saturated rings. The first kappa shape index (κ1) is 14.0. The summed E-state index contributed by atoms with van der Waals surface area (Å²) in [5.41, 5.74) is 3.03. The van der Waals surface area contributed by atoms with Crippen molar-refractivity contribution in [2.24, 2.45) is 7.05 Å². The number of nitrogens with zero attached hydrogens (tertiary/aromatic N) is 2. The summed E-state index contributed by atoms with van der Waals surface area (Å²) in [6.45, 7) is 2.02. The van der Waals surface area contributed by atoms with Gasteiger partial charge in [0, 0.05) is 12.4 Å². The third kappa shape index (κ3) is 1.97. The van der Waals surface area contributed by atoms with Gasteiger partial charge in [0.05, 0.1) is 22.1 Å². The van der Waals surface area contributed by atoms with E-state index in [1.54, 1.807) is 6.20 Å². The third-order valence-corrected chi connectivity index (χ3v) is 5.07. The standard InChI is InChI=1S/C16H14N4O2S/c1-3-10-13(18-15(21)12-14(10)23-19-16(12)22)8-4-5-11-9(6-8)7-17-20(11)2/h4-7H,3H2,1-2H3,(H,18,21)(H,19,22). The van der Waals surface area contributed by atoms with Gasteiger partial charge in [-0.25, -0.2) is 0 Å². The summed E-state index contributed by atoms with van der Waals surface area (Å²) < 4.78 is 5.20. The highest BCUT2D eigenvalue weighted by molar-refractivity contribution is 7.13. The zero-order chi connectivity index (χ0) is 16.1. The first-order valence-corrected chi connectivity index (χ1v) is 8.10. The summed E-state index contributed by atoms with van der Waals surface area (Å²) in [7, 11) is 1.89. The minimum atomic E-state index is -0.346. The third-order valence-electron chi connectivity index (χ3n) is 4.13. The fourth-order valence-corrected chi connectivity index (χ4v) is 3.94. The molecule has 0 spiro atoms. The summed E-state index contributed by atoms with van der Waals surface area (Å²) >= 11 is 1.22. The minimum Gasteiger partial charge on any atom is -0.321 e. The van der Waals surface area contributed by atoms with Crippen molar-refractivity contribution in [3.63, 3.8) is 0 Å². The van der Waals surface area contributed by atoms with E-state index < -0.39 is 0 Å². The topological polar surface area (TPSA) is 83.5 Å². The Morgan fingerprint density at radius 1 is 1.26 bits per heavy atom. The number of H-pyrrole nitrogens is 2. The van der Waals surface area contributed by atoms with E-state index >= 15 is 0 Å². The van der Waals surface area contributed by atoms with Crippen LogP contribution in [0.25, 0.3) is 32.2 Å². The van der Waals surface area contributed by atoms with E-state index in [0.717, 1.165) is 38.8 Å². The molecule has 2 N–H and O–H groups in total. The zero-order valence-electron chi connectivity index (χ0n) is 12.6. The van der Waals surface area contributed by atoms with Gasteiger partial charge in [0.15, 0.2) is 0 Å². The molecule has 116 valence electrons. The van der Waals surface area contributed by atoms with Gasteiger partial charge in [-0.1, -0.05) is 24.5 Å². The van der Waals surface area contributed by atoms with Crippen molar-refractivity contribution in [2.45, 2.75) is 13.3 Å². The molecule has 0 saturated heterocycles. The Morgan fingerprint density at radius 3 is 2.87 bits per heavy atom. The lowest BCUT2D eigenvalue weighted by atomic mass is 10.0. The number of pyridine rings is 1. The molecule has 0 unspecified atom stereocenters. The normalized spacial score (nSPS) is 11.6. The SMILES string of the molecule is CCc1c(-c2ccc3c(cnn3C)c2)[nH]c(=O)c2c(=O)[nH]sc12. The van der Waals surface area contributed by atoms with Gasteiger partial charge >= 0.3 is 0 Å². The summed E-state index contributed by atoms with van der Waals surface area (Å²) in [5.74, 6) is 0. The molecular formula is C16H14N4O2S. The van der Waals surface area contributed by atoms with Gasteiger partial charge in [-0.3, -0.25) is 18.6 Å². The van der Waals surface area contributed by atoms with Crippen molar-refractivity contribution in [3.05, 3.63) is 50.7 Å². The molecule has 0 aliphatic heterocycles. The van der Waals surface area contributed by atoms with Crippen LogP contribution >= 0.6 is 11.5 Å². The molecule has 3 heterocycles. The Morgan fingerprint density at radius 2 is 2.09 bits per heavy atom. The predicted molar refractivity (Wildman–Crippen MR) is 92.2 cm³/mol. The highest BCUT2D eigenvalue weighted by Gasteiger charge is 2.16. The maximum absolute atomic E-state index is 12.3. The number of nitrogens with one attached hydrogen (secondary N) is 2. The number of hydrogen-bond acceptors (Lipinski definition) is 4. The molecule has 0 saturated carbocycles. The summed E-state index contributed by atoms with van der Waals surface area (Å²) in [6, 6.07) is 5.96. The van der Waals surface area contributed by atoms with Crippen LogP contribution in [0.15, 0.2) is 34.0 Å². The van der Waals surface area contributed by atoms with Crippen LogP contribution < -0.4 is 11.1 Å². The van der Waals surface area contributed by atoms with Crippen LogP contribution in [0.4, 0.5) is 0 Å². The van der Waals surface area contributed by atoms with Crippen molar-refractivity contribution >= 4 is 32.5 Å². The number of fused-ring (bicyclic) bond motifs is 2. The maximum Gasteiger partial charge on any atom is 0.271 e. The fourth-order valence-electron chi connectivity index (χ4n) is 2.99. The zero-order valence-corrected chi connectivity index (χ0v) is 13.5. The lowest BCUT2D eigenvalue weighted by Crippen LogP contribution is -2.15. The lowest BCUT2D eigenvalue weighted by molar-refractivity contribution is 0.797. The average Bonchev–Trinajstić information content (AvgIpc) is 3.11. The number of aromatic nitrogens is 4. The Labute approximate surface area is 134 Å². The molecule has 7 heteroatoms. The van der Waals surface area contributed by atoms with E-state index in [4.69, 9.17) is 0 Å². The van der Waals surface area contributed by atoms with E-state index in [1.807, 2.05) is 36.9 Å². The number of rotatable bonds is 2. The Hall–Kier alpha value is -2.67. The van der Waals surface area contributed by atoms with Gasteiger partial charge in [-0.15, -0.1) is 0 Å². The van der Waals surface area contributed by atoms with E-state index in [0.29, 0.717) is 0 Å². The molecule has 0 bridgehead atoms. The first-order chi connectivity index (χ1) is 11.1. The second-order valence-corrected chi connectivity index (χ2v) is 6.26. The second-order valence-electron chi connectivity index (χ2n) is 5.44. The fraction of sp³-hybridized carbons (Fsp3) is 0.188. The lowest BCUT2D eigenvalue weighted by Gasteiger charge is -2.09. The molecule has 0 aliphatic rings. The van der Waals surface area contributed by atoms with Crippen LogP contribution in [0.1, 0.15) is 12.5 Å². The number of aryl methyl sites for hydroxylation is 2. The monoisotopic (exact) mass is 326 g/mol. The predicted octanol–water partition coefficient (Wildman–Crippen LogP) is 2.39. The molecular weight excluding hydrogens is 312 g/mol. The highest BCUT2D eigenvalue weighted by atomic mass is 32.1. The van der Waals surface area contributed by atoms with Crippen LogP contribution in [-0.2, 0) is 13.5 Å². The first-order valence-electron chi connectivity index (χ1n) is 7.28. The average molecular weight is 326 g/mol. The Balaban J connectivity index is 2.07.